The van der Waals surface area contributed by atoms with Crippen molar-refractivity contribution in [1.29, 1.82) is 0 Å². The van der Waals surface area contributed by atoms with Crippen LogP contribution in [0.15, 0.2) is 0 Å². The molecule has 4 nitrogen and oxygen atoms in total. The van der Waals surface area contributed by atoms with Gasteiger partial charge in [0.15, 0.2) is 0 Å². The molecule has 2 heterocycles. The van der Waals surface area contributed by atoms with Crippen LogP contribution in [0.1, 0.15) is 39.0 Å². The fourth-order valence-corrected chi connectivity index (χ4v) is 2.73. The summed E-state index contributed by atoms with van der Waals surface area (Å²) in [5, 5.41) is 13.3. The molecule has 0 spiro atoms. The number of likely N-dealkylation sites (tertiary alicyclic amines) is 1. The van der Waals surface area contributed by atoms with Gasteiger partial charge < -0.3 is 15.3 Å². The molecule has 2 fully saturated rings. The Kier molecular flexibility index (Phi) is 3.50. The first kappa shape index (κ1) is 11.9. The Labute approximate surface area is 97.0 Å². The normalized spacial score (nSPS) is 28.6. The molecule has 0 aromatic carbocycles. The van der Waals surface area contributed by atoms with Crippen LogP contribution in [0, 0.1) is 0 Å². The monoisotopic (exact) mass is 226 g/mol. The molecule has 1 amide bonds. The van der Waals surface area contributed by atoms with Gasteiger partial charge in [-0.15, -0.1) is 0 Å². The SMILES string of the molecule is CCCC1(O)CN(C(=O)C2CCCCN2)C1. The minimum absolute atomic E-state index is 0.0000680. The second kappa shape index (κ2) is 4.72. The Bertz CT molecular complexity index is 256. The molecule has 1 atom stereocenters. The smallest absolute Gasteiger partial charge is 0.239 e. The topological polar surface area (TPSA) is 52.6 Å². The second-order valence-electron chi connectivity index (χ2n) is 5.17. The van der Waals surface area contributed by atoms with Crippen molar-refractivity contribution < 1.29 is 9.90 Å². The minimum atomic E-state index is -0.598. The predicted octanol–water partition coefficient (Wildman–Crippen LogP) is 0.502. The number of amides is 1. The van der Waals surface area contributed by atoms with E-state index in [9.17, 15) is 9.90 Å². The maximum absolute atomic E-state index is 12.0. The highest BCUT2D eigenvalue weighted by atomic mass is 16.3. The minimum Gasteiger partial charge on any atom is -0.386 e. The van der Waals surface area contributed by atoms with E-state index in [-0.39, 0.29) is 11.9 Å². The van der Waals surface area contributed by atoms with Gasteiger partial charge in [0.2, 0.25) is 5.91 Å². The summed E-state index contributed by atoms with van der Waals surface area (Å²) in [6, 6.07) is -0.0000680. The van der Waals surface area contributed by atoms with Crippen LogP contribution in [-0.2, 0) is 4.79 Å². The van der Waals surface area contributed by atoms with Gasteiger partial charge in [0.05, 0.1) is 24.7 Å². The van der Waals surface area contributed by atoms with Gasteiger partial charge in [0.25, 0.3) is 0 Å². The number of rotatable bonds is 3. The zero-order valence-electron chi connectivity index (χ0n) is 10.0. The molecule has 4 heteroatoms. The molecule has 2 rings (SSSR count). The lowest BCUT2D eigenvalue weighted by Gasteiger charge is -2.48. The lowest BCUT2D eigenvalue weighted by molar-refractivity contribution is -0.159. The maximum Gasteiger partial charge on any atom is 0.239 e. The van der Waals surface area contributed by atoms with Crippen LogP contribution in [0.5, 0.6) is 0 Å². The van der Waals surface area contributed by atoms with Crippen LogP contribution in [0.25, 0.3) is 0 Å². The van der Waals surface area contributed by atoms with E-state index in [1.165, 1.54) is 6.42 Å². The van der Waals surface area contributed by atoms with Crippen molar-refractivity contribution in [3.05, 3.63) is 0 Å². The van der Waals surface area contributed by atoms with Crippen molar-refractivity contribution in [2.75, 3.05) is 19.6 Å². The van der Waals surface area contributed by atoms with Gasteiger partial charge in [-0.1, -0.05) is 19.8 Å². The molecule has 2 N–H and O–H groups in total. The van der Waals surface area contributed by atoms with Crippen molar-refractivity contribution >= 4 is 5.91 Å². The van der Waals surface area contributed by atoms with Gasteiger partial charge >= 0.3 is 0 Å². The fraction of sp³-hybridized carbons (Fsp3) is 0.917. The zero-order valence-corrected chi connectivity index (χ0v) is 10.0. The van der Waals surface area contributed by atoms with E-state index in [1.807, 2.05) is 0 Å². The van der Waals surface area contributed by atoms with Crippen LogP contribution < -0.4 is 5.32 Å². The van der Waals surface area contributed by atoms with Crippen molar-refractivity contribution in [1.82, 2.24) is 10.2 Å². The Morgan fingerprint density at radius 2 is 2.25 bits per heavy atom. The van der Waals surface area contributed by atoms with Crippen LogP contribution in [0.3, 0.4) is 0 Å². The van der Waals surface area contributed by atoms with Crippen LogP contribution in [0.2, 0.25) is 0 Å². The quantitative estimate of drug-likeness (QED) is 0.737. The third-order valence-electron chi connectivity index (χ3n) is 3.61. The van der Waals surface area contributed by atoms with E-state index >= 15 is 0 Å². The van der Waals surface area contributed by atoms with Crippen LogP contribution in [-0.4, -0.2) is 47.2 Å². The molecule has 2 aliphatic heterocycles. The largest absolute Gasteiger partial charge is 0.386 e. The summed E-state index contributed by atoms with van der Waals surface area (Å²) in [6.45, 7) is 4.06. The van der Waals surface area contributed by atoms with Gasteiger partial charge in [-0.3, -0.25) is 4.79 Å². The Balaban J connectivity index is 1.80. The second-order valence-corrected chi connectivity index (χ2v) is 5.17. The Hall–Kier alpha value is -0.610. The molecule has 0 aromatic heterocycles. The molecule has 16 heavy (non-hydrogen) atoms. The van der Waals surface area contributed by atoms with E-state index in [0.29, 0.717) is 13.1 Å². The summed E-state index contributed by atoms with van der Waals surface area (Å²) in [5.74, 6) is 0.181. The fourth-order valence-electron chi connectivity index (χ4n) is 2.73. The molecule has 1 unspecified atom stereocenters. The Morgan fingerprint density at radius 1 is 1.50 bits per heavy atom. The molecule has 92 valence electrons. The van der Waals surface area contributed by atoms with Gasteiger partial charge in [0, 0.05) is 0 Å². The number of β-amino-alcohol motifs (C(OH)–C–C–N with tert-alkyl or cyclic N) is 1. The number of aliphatic hydroxyl groups is 1. The molecular weight excluding hydrogens is 204 g/mol. The predicted molar refractivity (Wildman–Crippen MR) is 62.1 cm³/mol. The van der Waals surface area contributed by atoms with Gasteiger partial charge in [0.1, 0.15) is 0 Å². The molecule has 2 saturated heterocycles. The molecule has 0 aromatic rings. The summed E-state index contributed by atoms with van der Waals surface area (Å²) < 4.78 is 0. The number of hydrogen-bond acceptors (Lipinski definition) is 3. The maximum atomic E-state index is 12.0. The van der Waals surface area contributed by atoms with Crippen molar-refractivity contribution in [3.8, 4) is 0 Å². The summed E-state index contributed by atoms with van der Waals surface area (Å²) in [7, 11) is 0. The standard InChI is InChI=1S/C12H22N2O2/c1-2-6-12(16)8-14(9-12)11(15)10-5-3-4-7-13-10/h10,13,16H,2-9H2,1H3. The van der Waals surface area contributed by atoms with Crippen molar-refractivity contribution in [2.24, 2.45) is 0 Å². The van der Waals surface area contributed by atoms with Gasteiger partial charge in [-0.05, 0) is 25.8 Å². The third kappa shape index (κ3) is 2.38. The highest BCUT2D eigenvalue weighted by Gasteiger charge is 2.44. The number of carbonyl (C=O) groups is 1. The molecule has 0 bridgehead atoms. The average Bonchev–Trinajstić information content (AvgIpc) is 2.26. The first-order valence-corrected chi connectivity index (χ1v) is 6.39. The Morgan fingerprint density at radius 3 is 2.81 bits per heavy atom. The van der Waals surface area contributed by atoms with Gasteiger partial charge in [-0.2, -0.15) is 0 Å². The van der Waals surface area contributed by atoms with Crippen molar-refractivity contribution in [2.45, 2.75) is 50.7 Å². The number of nitrogens with zero attached hydrogens (tertiary/aromatic N) is 1. The van der Waals surface area contributed by atoms with Crippen LogP contribution in [0.4, 0.5) is 0 Å². The van der Waals surface area contributed by atoms with E-state index in [4.69, 9.17) is 0 Å². The number of hydrogen-bond donors (Lipinski definition) is 2. The highest BCUT2D eigenvalue weighted by molar-refractivity contribution is 5.83. The van der Waals surface area contributed by atoms with Crippen molar-refractivity contribution in [3.63, 3.8) is 0 Å². The summed E-state index contributed by atoms with van der Waals surface area (Å²) in [5.41, 5.74) is -0.598. The molecule has 2 aliphatic rings. The molecule has 0 aliphatic carbocycles. The lowest BCUT2D eigenvalue weighted by Crippen LogP contribution is -2.66. The van der Waals surface area contributed by atoms with E-state index in [2.05, 4.69) is 12.2 Å². The van der Waals surface area contributed by atoms with E-state index < -0.39 is 5.60 Å². The number of carbonyl (C=O) groups excluding carboxylic acids is 1. The first-order valence-electron chi connectivity index (χ1n) is 6.39. The first-order chi connectivity index (χ1) is 7.64. The molecular formula is C12H22N2O2. The summed E-state index contributed by atoms with van der Waals surface area (Å²) in [4.78, 5) is 13.8. The number of nitrogens with one attached hydrogen (secondary N) is 1. The van der Waals surface area contributed by atoms with Crippen LogP contribution >= 0.6 is 0 Å². The summed E-state index contributed by atoms with van der Waals surface area (Å²) >= 11 is 0. The summed E-state index contributed by atoms with van der Waals surface area (Å²) in [6.07, 6.45) is 5.02. The highest BCUT2D eigenvalue weighted by Crippen LogP contribution is 2.27. The molecule has 0 radical (unpaired) electrons. The van der Waals surface area contributed by atoms with E-state index in [0.717, 1.165) is 32.2 Å². The lowest BCUT2D eigenvalue weighted by atomic mass is 9.88. The average molecular weight is 226 g/mol. The van der Waals surface area contributed by atoms with Gasteiger partial charge in [-0.25, -0.2) is 0 Å². The number of piperidine rings is 1. The third-order valence-corrected chi connectivity index (χ3v) is 3.61. The molecule has 0 saturated carbocycles. The van der Waals surface area contributed by atoms with E-state index in [1.54, 1.807) is 4.90 Å². The zero-order chi connectivity index (χ0) is 11.6.